The molecule has 116 valence electrons. The standard InChI is InChI=1S/C15H22N2O4/c1-15(2,3)21-14(19)17-9-6-11(7-10-17)20-13-12(18)5-4-8-16-13/h4-5,8,11,18H,6-7,9-10H2,1-3H3. The molecule has 1 aromatic rings. The molecule has 0 bridgehead atoms. The van der Waals surface area contributed by atoms with E-state index in [9.17, 15) is 9.90 Å². The zero-order chi connectivity index (χ0) is 15.5. The highest BCUT2D eigenvalue weighted by molar-refractivity contribution is 5.68. The Morgan fingerprint density at radius 1 is 1.38 bits per heavy atom. The number of hydrogen-bond acceptors (Lipinski definition) is 5. The maximum Gasteiger partial charge on any atom is 0.410 e. The summed E-state index contributed by atoms with van der Waals surface area (Å²) in [4.78, 5) is 17.6. The number of amides is 1. The van der Waals surface area contributed by atoms with Crippen molar-refractivity contribution in [1.29, 1.82) is 0 Å². The van der Waals surface area contributed by atoms with Gasteiger partial charge in [0.15, 0.2) is 5.75 Å². The van der Waals surface area contributed by atoms with Gasteiger partial charge in [0.05, 0.1) is 0 Å². The third kappa shape index (κ3) is 4.51. The minimum absolute atomic E-state index is 0.0343. The molecule has 1 aliphatic heterocycles. The molecule has 1 fully saturated rings. The van der Waals surface area contributed by atoms with Crippen LogP contribution in [0.25, 0.3) is 0 Å². The normalized spacial score (nSPS) is 16.6. The first-order valence-electron chi connectivity index (χ1n) is 7.14. The van der Waals surface area contributed by atoms with Gasteiger partial charge in [0.1, 0.15) is 11.7 Å². The van der Waals surface area contributed by atoms with Crippen LogP contribution >= 0.6 is 0 Å². The molecule has 1 N–H and O–H groups in total. The van der Waals surface area contributed by atoms with Crippen molar-refractivity contribution in [3.63, 3.8) is 0 Å². The van der Waals surface area contributed by atoms with Crippen molar-refractivity contribution in [3.8, 4) is 11.6 Å². The molecule has 1 aliphatic rings. The van der Waals surface area contributed by atoms with Crippen molar-refractivity contribution < 1.29 is 19.4 Å². The van der Waals surface area contributed by atoms with E-state index in [-0.39, 0.29) is 23.8 Å². The van der Waals surface area contributed by atoms with E-state index in [0.717, 1.165) is 0 Å². The Bertz CT molecular complexity index is 491. The summed E-state index contributed by atoms with van der Waals surface area (Å²) >= 11 is 0. The van der Waals surface area contributed by atoms with Gasteiger partial charge in [0, 0.05) is 32.1 Å². The van der Waals surface area contributed by atoms with Crippen LogP contribution in [0.3, 0.4) is 0 Å². The summed E-state index contributed by atoms with van der Waals surface area (Å²) in [7, 11) is 0. The van der Waals surface area contributed by atoms with Crippen molar-refractivity contribution in [3.05, 3.63) is 18.3 Å². The zero-order valence-corrected chi connectivity index (χ0v) is 12.7. The number of likely N-dealkylation sites (tertiary alicyclic amines) is 1. The molecule has 1 amide bonds. The average Bonchev–Trinajstić information content (AvgIpc) is 2.40. The van der Waals surface area contributed by atoms with Gasteiger partial charge in [-0.1, -0.05) is 0 Å². The van der Waals surface area contributed by atoms with Gasteiger partial charge in [-0.05, 0) is 32.9 Å². The maximum atomic E-state index is 11.9. The first kappa shape index (κ1) is 15.4. The van der Waals surface area contributed by atoms with Crippen molar-refractivity contribution in [1.82, 2.24) is 9.88 Å². The summed E-state index contributed by atoms with van der Waals surface area (Å²) in [6.45, 7) is 6.71. The Balaban J connectivity index is 1.83. The minimum atomic E-state index is -0.482. The molecule has 0 saturated carbocycles. The van der Waals surface area contributed by atoms with Crippen molar-refractivity contribution in [2.45, 2.75) is 45.3 Å². The van der Waals surface area contributed by atoms with Crippen LogP contribution in [-0.4, -0.2) is 45.9 Å². The second-order valence-corrected chi connectivity index (χ2v) is 6.11. The number of aromatic hydroxyl groups is 1. The number of carbonyl (C=O) groups is 1. The van der Waals surface area contributed by atoms with Crippen LogP contribution in [0.5, 0.6) is 11.6 Å². The maximum absolute atomic E-state index is 11.9. The summed E-state index contributed by atoms with van der Waals surface area (Å²) in [5.41, 5.74) is -0.482. The van der Waals surface area contributed by atoms with Crippen molar-refractivity contribution in [2.24, 2.45) is 0 Å². The highest BCUT2D eigenvalue weighted by Crippen LogP contribution is 2.25. The summed E-state index contributed by atoms with van der Waals surface area (Å²) in [5.74, 6) is 0.278. The van der Waals surface area contributed by atoms with Gasteiger partial charge in [-0.2, -0.15) is 0 Å². The molecule has 0 aromatic carbocycles. The van der Waals surface area contributed by atoms with Crippen LogP contribution in [0.1, 0.15) is 33.6 Å². The molecule has 0 aliphatic carbocycles. The molecule has 0 unspecified atom stereocenters. The highest BCUT2D eigenvalue weighted by atomic mass is 16.6. The van der Waals surface area contributed by atoms with Gasteiger partial charge >= 0.3 is 6.09 Å². The van der Waals surface area contributed by atoms with Crippen LogP contribution in [-0.2, 0) is 4.74 Å². The van der Waals surface area contributed by atoms with Crippen LogP contribution in [0, 0.1) is 0 Å². The van der Waals surface area contributed by atoms with Gasteiger partial charge in [-0.25, -0.2) is 9.78 Å². The van der Waals surface area contributed by atoms with E-state index < -0.39 is 5.60 Å². The van der Waals surface area contributed by atoms with E-state index in [1.807, 2.05) is 20.8 Å². The highest BCUT2D eigenvalue weighted by Gasteiger charge is 2.28. The van der Waals surface area contributed by atoms with E-state index in [0.29, 0.717) is 25.9 Å². The number of ether oxygens (including phenoxy) is 2. The van der Waals surface area contributed by atoms with E-state index in [4.69, 9.17) is 9.47 Å². The Morgan fingerprint density at radius 3 is 2.62 bits per heavy atom. The summed E-state index contributed by atoms with van der Waals surface area (Å²) in [6, 6.07) is 3.19. The number of hydrogen-bond donors (Lipinski definition) is 1. The lowest BCUT2D eigenvalue weighted by molar-refractivity contribution is 0.0120. The third-order valence-electron chi connectivity index (χ3n) is 3.12. The first-order chi connectivity index (χ1) is 9.85. The SMILES string of the molecule is CC(C)(C)OC(=O)N1CCC(Oc2ncccc2O)CC1. The fourth-order valence-electron chi connectivity index (χ4n) is 2.11. The van der Waals surface area contributed by atoms with E-state index >= 15 is 0 Å². The molecular formula is C15H22N2O4. The van der Waals surface area contributed by atoms with Gasteiger partial charge < -0.3 is 19.5 Å². The Labute approximate surface area is 124 Å². The monoisotopic (exact) mass is 294 g/mol. The quantitative estimate of drug-likeness (QED) is 0.907. The van der Waals surface area contributed by atoms with Crippen molar-refractivity contribution in [2.75, 3.05) is 13.1 Å². The topological polar surface area (TPSA) is 71.9 Å². The summed E-state index contributed by atoms with van der Waals surface area (Å²) in [5, 5.41) is 9.64. The Hall–Kier alpha value is -1.98. The second kappa shape index (κ2) is 6.20. The molecular weight excluding hydrogens is 272 g/mol. The summed E-state index contributed by atoms with van der Waals surface area (Å²) in [6.07, 6.45) is 2.61. The van der Waals surface area contributed by atoms with Gasteiger partial charge in [-0.3, -0.25) is 0 Å². The fourth-order valence-corrected chi connectivity index (χ4v) is 2.11. The lowest BCUT2D eigenvalue weighted by Gasteiger charge is -2.33. The Morgan fingerprint density at radius 2 is 2.05 bits per heavy atom. The number of rotatable bonds is 2. The smallest absolute Gasteiger partial charge is 0.410 e. The van der Waals surface area contributed by atoms with E-state index in [2.05, 4.69) is 4.98 Å². The predicted octanol–water partition coefficient (Wildman–Crippen LogP) is 2.57. The second-order valence-electron chi connectivity index (χ2n) is 6.11. The number of piperidine rings is 1. The molecule has 2 heterocycles. The Kier molecular flexibility index (Phi) is 4.55. The van der Waals surface area contributed by atoms with Crippen molar-refractivity contribution >= 4 is 6.09 Å². The van der Waals surface area contributed by atoms with Gasteiger partial charge in [-0.15, -0.1) is 0 Å². The number of aromatic nitrogens is 1. The lowest BCUT2D eigenvalue weighted by atomic mass is 10.1. The number of nitrogens with zero attached hydrogens (tertiary/aromatic N) is 2. The lowest BCUT2D eigenvalue weighted by Crippen LogP contribution is -2.44. The average molecular weight is 294 g/mol. The number of pyridine rings is 1. The molecule has 0 radical (unpaired) electrons. The molecule has 2 rings (SSSR count). The molecule has 6 nitrogen and oxygen atoms in total. The van der Waals surface area contributed by atoms with Crippen LogP contribution in [0.15, 0.2) is 18.3 Å². The molecule has 6 heteroatoms. The molecule has 1 saturated heterocycles. The van der Waals surface area contributed by atoms with Crippen LogP contribution < -0.4 is 4.74 Å². The van der Waals surface area contributed by atoms with Gasteiger partial charge in [0.2, 0.25) is 0 Å². The van der Waals surface area contributed by atoms with Gasteiger partial charge in [0.25, 0.3) is 5.88 Å². The molecule has 0 atom stereocenters. The zero-order valence-electron chi connectivity index (χ0n) is 12.7. The number of carbonyl (C=O) groups excluding carboxylic acids is 1. The first-order valence-corrected chi connectivity index (χ1v) is 7.14. The fraction of sp³-hybridized carbons (Fsp3) is 0.600. The van der Waals surface area contributed by atoms with E-state index in [1.165, 1.54) is 6.07 Å². The van der Waals surface area contributed by atoms with E-state index in [1.54, 1.807) is 17.2 Å². The van der Waals surface area contributed by atoms with Crippen LogP contribution in [0.4, 0.5) is 4.79 Å². The molecule has 0 spiro atoms. The molecule has 1 aromatic heterocycles. The minimum Gasteiger partial charge on any atom is -0.503 e. The largest absolute Gasteiger partial charge is 0.503 e. The van der Waals surface area contributed by atoms with Crippen LogP contribution in [0.2, 0.25) is 0 Å². The predicted molar refractivity (Wildman–Crippen MR) is 77.4 cm³/mol. The summed E-state index contributed by atoms with van der Waals surface area (Å²) < 4.78 is 11.0. The third-order valence-corrected chi connectivity index (χ3v) is 3.12. The molecule has 21 heavy (non-hydrogen) atoms.